The maximum absolute atomic E-state index is 13.5. The molecule has 0 radical (unpaired) electrons. The van der Waals surface area contributed by atoms with Crippen LogP contribution >= 0.6 is 0 Å². The Morgan fingerprint density at radius 1 is 1.26 bits per heavy atom. The molecule has 130 valence electrons. The number of ether oxygens (including phenoxy) is 1. The summed E-state index contributed by atoms with van der Waals surface area (Å²) in [5.41, 5.74) is 0.508. The van der Waals surface area contributed by atoms with Crippen LogP contribution in [0.5, 0.6) is 0 Å². The lowest BCUT2D eigenvalue weighted by molar-refractivity contribution is 0.0636. The summed E-state index contributed by atoms with van der Waals surface area (Å²) >= 11 is 0. The third kappa shape index (κ3) is 7.86. The lowest BCUT2D eigenvalue weighted by atomic mass is 10.1. The van der Waals surface area contributed by atoms with Crippen LogP contribution in [0.3, 0.4) is 0 Å². The van der Waals surface area contributed by atoms with Crippen LogP contribution in [-0.4, -0.2) is 17.7 Å². The molecule has 0 aliphatic rings. The van der Waals surface area contributed by atoms with Crippen LogP contribution < -0.4 is 10.6 Å². The molecule has 0 heterocycles. The molecule has 0 spiro atoms. The van der Waals surface area contributed by atoms with Gasteiger partial charge in [0.1, 0.15) is 11.4 Å². The van der Waals surface area contributed by atoms with E-state index >= 15 is 0 Å². The Bertz CT molecular complexity index is 512. The van der Waals surface area contributed by atoms with Gasteiger partial charge in [-0.05, 0) is 52.3 Å². The van der Waals surface area contributed by atoms with E-state index in [2.05, 4.69) is 24.5 Å². The van der Waals surface area contributed by atoms with E-state index in [1.165, 1.54) is 18.6 Å². The molecule has 1 aromatic rings. The molecule has 23 heavy (non-hydrogen) atoms. The Labute approximate surface area is 138 Å². The van der Waals surface area contributed by atoms with Crippen molar-refractivity contribution < 1.29 is 13.9 Å². The van der Waals surface area contributed by atoms with Gasteiger partial charge in [0.05, 0.1) is 11.4 Å². The van der Waals surface area contributed by atoms with Gasteiger partial charge in [0.2, 0.25) is 0 Å². The van der Waals surface area contributed by atoms with E-state index in [0.29, 0.717) is 11.4 Å². The van der Waals surface area contributed by atoms with Crippen LogP contribution in [0.1, 0.15) is 60.3 Å². The van der Waals surface area contributed by atoms with Crippen LogP contribution in [0, 0.1) is 5.82 Å². The maximum atomic E-state index is 13.5. The fraction of sp³-hybridized carbons (Fsp3) is 0.611. The molecular formula is C18H29FN2O2. The van der Waals surface area contributed by atoms with Crippen LogP contribution in [0.2, 0.25) is 0 Å². The molecule has 1 unspecified atom stereocenters. The first-order chi connectivity index (χ1) is 10.7. The SMILES string of the molecule is CCCCCC(C)Nc1cc(F)ccc1NC(=O)OC(C)(C)C. The highest BCUT2D eigenvalue weighted by Crippen LogP contribution is 2.25. The minimum absolute atomic E-state index is 0.197. The summed E-state index contributed by atoms with van der Waals surface area (Å²) in [5.74, 6) is -0.344. The zero-order chi connectivity index (χ0) is 17.5. The van der Waals surface area contributed by atoms with Crippen molar-refractivity contribution in [3.63, 3.8) is 0 Å². The lowest BCUT2D eigenvalue weighted by Crippen LogP contribution is -2.27. The first-order valence-corrected chi connectivity index (χ1v) is 8.27. The number of halogens is 1. The van der Waals surface area contributed by atoms with Crippen molar-refractivity contribution in [3.8, 4) is 0 Å². The maximum Gasteiger partial charge on any atom is 0.412 e. The Balaban J connectivity index is 2.74. The van der Waals surface area contributed by atoms with Crippen molar-refractivity contribution in [2.45, 2.75) is 71.9 Å². The summed E-state index contributed by atoms with van der Waals surface area (Å²) < 4.78 is 18.8. The number of amides is 1. The second-order valence-corrected chi connectivity index (χ2v) is 6.86. The molecule has 1 rings (SSSR count). The summed E-state index contributed by atoms with van der Waals surface area (Å²) in [5, 5.41) is 5.94. The number of carbonyl (C=O) groups is 1. The minimum Gasteiger partial charge on any atom is -0.444 e. The topological polar surface area (TPSA) is 50.4 Å². The number of benzene rings is 1. The van der Waals surface area contributed by atoms with E-state index in [-0.39, 0.29) is 11.9 Å². The van der Waals surface area contributed by atoms with Crippen molar-refractivity contribution in [3.05, 3.63) is 24.0 Å². The molecule has 4 nitrogen and oxygen atoms in total. The van der Waals surface area contributed by atoms with Crippen molar-refractivity contribution in [1.29, 1.82) is 0 Å². The van der Waals surface area contributed by atoms with Gasteiger partial charge in [-0.3, -0.25) is 5.32 Å². The van der Waals surface area contributed by atoms with E-state index in [4.69, 9.17) is 4.74 Å². The smallest absolute Gasteiger partial charge is 0.412 e. The highest BCUT2D eigenvalue weighted by Gasteiger charge is 2.17. The largest absolute Gasteiger partial charge is 0.444 e. The third-order valence-electron chi connectivity index (χ3n) is 3.26. The van der Waals surface area contributed by atoms with Gasteiger partial charge in [0, 0.05) is 6.04 Å². The van der Waals surface area contributed by atoms with E-state index in [1.54, 1.807) is 26.8 Å². The standard InChI is InChI=1S/C18H29FN2O2/c1-6-7-8-9-13(2)20-16-12-14(19)10-11-15(16)21-17(22)23-18(3,4)5/h10-13,20H,6-9H2,1-5H3,(H,21,22). The molecule has 0 saturated carbocycles. The van der Waals surface area contributed by atoms with Crippen LogP contribution in [0.4, 0.5) is 20.6 Å². The van der Waals surface area contributed by atoms with Crippen LogP contribution in [0.25, 0.3) is 0 Å². The van der Waals surface area contributed by atoms with Gasteiger partial charge < -0.3 is 10.1 Å². The molecule has 0 saturated heterocycles. The zero-order valence-electron chi connectivity index (χ0n) is 14.8. The molecule has 0 aromatic heterocycles. The van der Waals surface area contributed by atoms with Gasteiger partial charge in [-0.2, -0.15) is 0 Å². The predicted octanol–water partition coefficient (Wildman–Crippen LogP) is 5.55. The van der Waals surface area contributed by atoms with Crippen molar-refractivity contribution in [2.24, 2.45) is 0 Å². The molecule has 1 aromatic carbocycles. The molecule has 0 bridgehead atoms. The Kier molecular flexibility index (Phi) is 7.33. The molecule has 0 fully saturated rings. The zero-order valence-corrected chi connectivity index (χ0v) is 14.8. The number of unbranched alkanes of at least 4 members (excludes halogenated alkanes) is 2. The number of carbonyl (C=O) groups excluding carboxylic acids is 1. The first kappa shape index (κ1) is 19.3. The van der Waals surface area contributed by atoms with Gasteiger partial charge in [0.15, 0.2) is 0 Å². The number of hydrogen-bond donors (Lipinski definition) is 2. The van der Waals surface area contributed by atoms with E-state index in [9.17, 15) is 9.18 Å². The molecule has 5 heteroatoms. The number of anilines is 2. The van der Waals surface area contributed by atoms with Crippen LogP contribution in [-0.2, 0) is 4.74 Å². The summed E-state index contributed by atoms with van der Waals surface area (Å²) in [4.78, 5) is 11.9. The van der Waals surface area contributed by atoms with Gasteiger partial charge in [-0.15, -0.1) is 0 Å². The Hall–Kier alpha value is -1.78. The Morgan fingerprint density at radius 3 is 2.57 bits per heavy atom. The summed E-state index contributed by atoms with van der Waals surface area (Å²) in [6.45, 7) is 9.61. The van der Waals surface area contributed by atoms with Gasteiger partial charge in [-0.1, -0.05) is 26.2 Å². The van der Waals surface area contributed by atoms with Crippen LogP contribution in [0.15, 0.2) is 18.2 Å². The number of rotatable bonds is 7. The highest BCUT2D eigenvalue weighted by molar-refractivity contribution is 5.89. The second kappa shape index (κ2) is 8.75. The summed E-state index contributed by atoms with van der Waals surface area (Å²) in [6, 6.07) is 4.45. The predicted molar refractivity (Wildman–Crippen MR) is 93.5 cm³/mol. The van der Waals surface area contributed by atoms with Gasteiger partial charge >= 0.3 is 6.09 Å². The molecule has 0 aliphatic carbocycles. The van der Waals surface area contributed by atoms with Gasteiger partial charge in [-0.25, -0.2) is 9.18 Å². The average Bonchev–Trinajstić information content (AvgIpc) is 2.40. The first-order valence-electron chi connectivity index (χ1n) is 8.27. The van der Waals surface area contributed by atoms with Crippen molar-refractivity contribution in [1.82, 2.24) is 0 Å². The fourth-order valence-electron chi connectivity index (χ4n) is 2.20. The number of nitrogens with one attached hydrogen (secondary N) is 2. The minimum atomic E-state index is -0.578. The molecule has 2 N–H and O–H groups in total. The highest BCUT2D eigenvalue weighted by atomic mass is 19.1. The monoisotopic (exact) mass is 324 g/mol. The quantitative estimate of drug-likeness (QED) is 0.646. The second-order valence-electron chi connectivity index (χ2n) is 6.86. The Morgan fingerprint density at radius 2 is 1.96 bits per heavy atom. The average molecular weight is 324 g/mol. The fourth-order valence-corrected chi connectivity index (χ4v) is 2.20. The summed E-state index contributed by atoms with van der Waals surface area (Å²) in [6.07, 6.45) is 3.91. The number of hydrogen-bond acceptors (Lipinski definition) is 3. The third-order valence-corrected chi connectivity index (χ3v) is 3.26. The lowest BCUT2D eigenvalue weighted by Gasteiger charge is -2.22. The van der Waals surface area contributed by atoms with E-state index in [1.807, 2.05) is 0 Å². The van der Waals surface area contributed by atoms with Crippen molar-refractivity contribution >= 4 is 17.5 Å². The van der Waals surface area contributed by atoms with E-state index < -0.39 is 11.7 Å². The van der Waals surface area contributed by atoms with Crippen molar-refractivity contribution in [2.75, 3.05) is 10.6 Å². The molecule has 1 amide bonds. The molecule has 0 aliphatic heterocycles. The summed E-state index contributed by atoms with van der Waals surface area (Å²) in [7, 11) is 0. The molecular weight excluding hydrogens is 295 g/mol. The normalized spacial score (nSPS) is 12.6. The molecule has 1 atom stereocenters. The van der Waals surface area contributed by atoms with E-state index in [0.717, 1.165) is 19.3 Å². The van der Waals surface area contributed by atoms with Gasteiger partial charge in [0.25, 0.3) is 0 Å².